The molecule has 0 saturated heterocycles. The van der Waals surface area contributed by atoms with Gasteiger partial charge in [-0.3, -0.25) is 0 Å². The number of rotatable bonds is 7. The van der Waals surface area contributed by atoms with Crippen LogP contribution in [0.5, 0.6) is 11.5 Å². The van der Waals surface area contributed by atoms with Crippen molar-refractivity contribution in [3.63, 3.8) is 0 Å². The second-order valence-electron chi connectivity index (χ2n) is 6.77. The van der Waals surface area contributed by atoms with Gasteiger partial charge in [0.15, 0.2) is 0 Å². The van der Waals surface area contributed by atoms with Crippen molar-refractivity contribution >= 4 is 17.4 Å². The van der Waals surface area contributed by atoms with E-state index in [0.29, 0.717) is 18.2 Å². The summed E-state index contributed by atoms with van der Waals surface area (Å²) in [6.45, 7) is 5.47. The van der Waals surface area contributed by atoms with Gasteiger partial charge in [0.25, 0.3) is 0 Å². The van der Waals surface area contributed by atoms with Crippen LogP contribution in [-0.4, -0.2) is 19.2 Å². The van der Waals surface area contributed by atoms with Gasteiger partial charge in [-0.15, -0.1) is 0 Å². The Labute approximate surface area is 171 Å². The van der Waals surface area contributed by atoms with Crippen LogP contribution in [0.2, 0.25) is 5.15 Å². The van der Waals surface area contributed by atoms with Crippen LogP contribution in [0.15, 0.2) is 54.6 Å². The van der Waals surface area contributed by atoms with Crippen LogP contribution >= 0.6 is 11.6 Å². The Hall–Kier alpha value is -2.72. The molecule has 0 unspecified atom stereocenters. The predicted octanol–water partition coefficient (Wildman–Crippen LogP) is 5.58. The maximum atomic E-state index is 6.38. The lowest BCUT2D eigenvalue weighted by Crippen LogP contribution is -2.23. The van der Waals surface area contributed by atoms with Gasteiger partial charge in [0.1, 0.15) is 22.5 Å². The molecule has 0 aliphatic rings. The lowest BCUT2D eigenvalue weighted by Gasteiger charge is -2.25. The Kier molecular flexibility index (Phi) is 6.42. The van der Waals surface area contributed by atoms with E-state index in [2.05, 4.69) is 47.1 Å². The number of pyridine rings is 1. The van der Waals surface area contributed by atoms with Gasteiger partial charge < -0.3 is 14.4 Å². The van der Waals surface area contributed by atoms with E-state index in [1.54, 1.807) is 14.2 Å². The number of hydrogen-bond acceptors (Lipinski definition) is 4. The summed E-state index contributed by atoms with van der Waals surface area (Å²) in [7, 11) is 3.35. The van der Waals surface area contributed by atoms with Crippen LogP contribution in [0.4, 0.5) is 5.82 Å². The molecule has 3 aromatic rings. The molecule has 0 atom stereocenters. The topological polar surface area (TPSA) is 34.6 Å². The molecule has 0 radical (unpaired) electrons. The van der Waals surface area contributed by atoms with E-state index >= 15 is 0 Å². The molecule has 146 valence electrons. The summed E-state index contributed by atoms with van der Waals surface area (Å²) >= 11 is 6.38. The molecule has 0 aliphatic heterocycles. The zero-order chi connectivity index (χ0) is 20.1. The molecule has 0 fully saturated rings. The van der Waals surface area contributed by atoms with Crippen molar-refractivity contribution in [2.75, 3.05) is 19.1 Å². The Morgan fingerprint density at radius 3 is 1.68 bits per heavy atom. The molecule has 5 heteroatoms. The van der Waals surface area contributed by atoms with E-state index < -0.39 is 0 Å². The molecular formula is C23H25ClN2O2. The average molecular weight is 397 g/mol. The summed E-state index contributed by atoms with van der Waals surface area (Å²) in [5.74, 6) is 2.55. The molecule has 0 amide bonds. The molecule has 1 aromatic heterocycles. The van der Waals surface area contributed by atoms with Gasteiger partial charge in [-0.25, -0.2) is 4.98 Å². The summed E-state index contributed by atoms with van der Waals surface area (Å²) in [6, 6.07) is 18.3. The molecule has 0 bridgehead atoms. The number of benzene rings is 2. The fourth-order valence-electron chi connectivity index (χ4n) is 2.96. The minimum atomic E-state index is 0.546. The molecule has 2 aromatic carbocycles. The van der Waals surface area contributed by atoms with Crippen LogP contribution in [0.1, 0.15) is 22.3 Å². The highest BCUT2D eigenvalue weighted by Gasteiger charge is 2.14. The third-order valence-corrected chi connectivity index (χ3v) is 5.22. The quantitative estimate of drug-likeness (QED) is 0.488. The predicted molar refractivity (Wildman–Crippen MR) is 115 cm³/mol. The second-order valence-corrected chi connectivity index (χ2v) is 7.12. The van der Waals surface area contributed by atoms with Crippen LogP contribution in [-0.2, 0) is 13.1 Å². The van der Waals surface area contributed by atoms with Crippen LogP contribution in [0.25, 0.3) is 0 Å². The number of ether oxygens (including phenoxy) is 2. The second kappa shape index (κ2) is 8.98. The maximum Gasteiger partial charge on any atom is 0.134 e. The fourth-order valence-corrected chi connectivity index (χ4v) is 3.20. The lowest BCUT2D eigenvalue weighted by molar-refractivity contribution is 0.414. The van der Waals surface area contributed by atoms with Gasteiger partial charge in [-0.2, -0.15) is 0 Å². The monoisotopic (exact) mass is 396 g/mol. The summed E-state index contributed by atoms with van der Waals surface area (Å²) in [6.07, 6.45) is 0. The number of anilines is 1. The summed E-state index contributed by atoms with van der Waals surface area (Å²) in [5, 5.41) is 0.546. The van der Waals surface area contributed by atoms with Crippen LogP contribution in [0, 0.1) is 13.8 Å². The third kappa shape index (κ3) is 4.76. The first-order valence-corrected chi connectivity index (χ1v) is 9.52. The highest BCUT2D eigenvalue weighted by Crippen LogP contribution is 2.26. The summed E-state index contributed by atoms with van der Waals surface area (Å²) < 4.78 is 10.5. The standard InChI is InChI=1S/C23H25ClN2O2/c1-16-13-22(25-23(24)17(16)2)26(14-18-5-9-20(27-3)10-6-18)15-19-7-11-21(28-4)12-8-19/h5-13H,14-15H2,1-4H3. The van der Waals surface area contributed by atoms with Crippen molar-refractivity contribution in [1.82, 2.24) is 4.98 Å². The number of halogens is 1. The van der Waals surface area contributed by atoms with E-state index in [-0.39, 0.29) is 0 Å². The Morgan fingerprint density at radius 2 is 1.29 bits per heavy atom. The first kappa shape index (κ1) is 20.0. The minimum Gasteiger partial charge on any atom is -0.497 e. The molecule has 28 heavy (non-hydrogen) atoms. The number of nitrogens with zero attached hydrogens (tertiary/aromatic N) is 2. The summed E-state index contributed by atoms with van der Waals surface area (Å²) in [5.41, 5.74) is 4.49. The smallest absolute Gasteiger partial charge is 0.134 e. The maximum absolute atomic E-state index is 6.38. The average Bonchev–Trinajstić information content (AvgIpc) is 2.72. The number of methoxy groups -OCH3 is 2. The van der Waals surface area contributed by atoms with Crippen LogP contribution < -0.4 is 14.4 Å². The molecule has 0 aliphatic carbocycles. The molecule has 3 rings (SSSR count). The van der Waals surface area contributed by atoms with Crippen molar-refractivity contribution in [2.24, 2.45) is 0 Å². The lowest BCUT2D eigenvalue weighted by atomic mass is 10.1. The zero-order valence-electron chi connectivity index (χ0n) is 16.7. The highest BCUT2D eigenvalue weighted by molar-refractivity contribution is 6.30. The van der Waals surface area contributed by atoms with Crippen molar-refractivity contribution in [2.45, 2.75) is 26.9 Å². The largest absolute Gasteiger partial charge is 0.497 e. The van der Waals surface area contributed by atoms with E-state index in [1.807, 2.05) is 31.2 Å². The minimum absolute atomic E-state index is 0.546. The molecular weight excluding hydrogens is 372 g/mol. The first-order chi connectivity index (χ1) is 13.5. The van der Waals surface area contributed by atoms with Crippen molar-refractivity contribution in [3.8, 4) is 11.5 Å². The van der Waals surface area contributed by atoms with E-state index in [4.69, 9.17) is 21.1 Å². The number of aromatic nitrogens is 1. The first-order valence-electron chi connectivity index (χ1n) is 9.14. The van der Waals surface area contributed by atoms with Gasteiger partial charge in [0, 0.05) is 13.1 Å². The SMILES string of the molecule is COc1ccc(CN(Cc2ccc(OC)cc2)c2cc(C)c(C)c(Cl)n2)cc1. The fraction of sp³-hybridized carbons (Fsp3) is 0.261. The van der Waals surface area contributed by atoms with Gasteiger partial charge in [0.05, 0.1) is 14.2 Å². The van der Waals surface area contributed by atoms with E-state index in [0.717, 1.165) is 28.4 Å². The van der Waals surface area contributed by atoms with Gasteiger partial charge >= 0.3 is 0 Å². The van der Waals surface area contributed by atoms with Crippen molar-refractivity contribution in [1.29, 1.82) is 0 Å². The normalized spacial score (nSPS) is 10.6. The number of aryl methyl sites for hydroxylation is 1. The van der Waals surface area contributed by atoms with E-state index in [1.165, 1.54) is 11.1 Å². The molecule has 0 saturated carbocycles. The van der Waals surface area contributed by atoms with Crippen molar-refractivity contribution < 1.29 is 9.47 Å². The van der Waals surface area contributed by atoms with Crippen LogP contribution in [0.3, 0.4) is 0 Å². The molecule has 1 heterocycles. The van der Waals surface area contributed by atoms with Gasteiger partial charge in [-0.1, -0.05) is 35.9 Å². The number of hydrogen-bond donors (Lipinski definition) is 0. The van der Waals surface area contributed by atoms with E-state index in [9.17, 15) is 0 Å². The summed E-state index contributed by atoms with van der Waals surface area (Å²) in [4.78, 5) is 6.86. The molecule has 0 spiro atoms. The zero-order valence-corrected chi connectivity index (χ0v) is 17.5. The Bertz CT molecular complexity index is 852. The Balaban J connectivity index is 1.92. The molecule has 4 nitrogen and oxygen atoms in total. The van der Waals surface area contributed by atoms with Gasteiger partial charge in [-0.05, 0) is 66.4 Å². The highest BCUT2D eigenvalue weighted by atomic mass is 35.5. The van der Waals surface area contributed by atoms with Crippen molar-refractivity contribution in [3.05, 3.63) is 82.0 Å². The Morgan fingerprint density at radius 1 is 0.821 bits per heavy atom. The van der Waals surface area contributed by atoms with Gasteiger partial charge in [0.2, 0.25) is 0 Å². The molecule has 0 N–H and O–H groups in total. The third-order valence-electron chi connectivity index (χ3n) is 4.85.